The normalized spacial score (nSPS) is 17.5. The highest BCUT2D eigenvalue weighted by Gasteiger charge is 2.39. The summed E-state index contributed by atoms with van der Waals surface area (Å²) < 4.78 is 85.0. The number of likely N-dealkylation sites (tertiary alicyclic amines) is 1. The highest BCUT2D eigenvalue weighted by Crippen LogP contribution is 2.38. The molecule has 0 bridgehead atoms. The minimum absolute atomic E-state index is 0.0282. The Morgan fingerprint density at radius 2 is 1.92 bits per heavy atom. The molecule has 144 valence electrons. The van der Waals surface area contributed by atoms with E-state index in [0.29, 0.717) is 19.0 Å². The number of ether oxygens (including phenoxy) is 2. The lowest BCUT2D eigenvalue weighted by atomic mass is 10.0. The minimum Gasteiger partial charge on any atom is -0.483 e. The molecular formula is C15H13F6NO3S. The van der Waals surface area contributed by atoms with Gasteiger partial charge in [0.15, 0.2) is 6.61 Å². The van der Waals surface area contributed by atoms with Crippen molar-refractivity contribution >= 4 is 23.2 Å². The SMILES string of the molecule is COC(=O)[C@H]1CCN1C(=S)c1ccc(OCC(F)(F)F)c(C(F)(F)F)c1. The number of carbonyl (C=O) groups excluding carboxylic acids is 1. The van der Waals surface area contributed by atoms with E-state index < -0.39 is 42.3 Å². The number of benzene rings is 1. The third-order valence-corrected chi connectivity index (χ3v) is 4.15. The summed E-state index contributed by atoms with van der Waals surface area (Å²) in [6.07, 6.45) is -9.28. The molecule has 1 atom stereocenters. The van der Waals surface area contributed by atoms with E-state index in [0.717, 1.165) is 12.1 Å². The molecular weight excluding hydrogens is 388 g/mol. The van der Waals surface area contributed by atoms with Crippen LogP contribution in [0.5, 0.6) is 5.75 Å². The summed E-state index contributed by atoms with van der Waals surface area (Å²) in [6, 6.07) is 1.82. The molecule has 11 heteroatoms. The van der Waals surface area contributed by atoms with E-state index in [1.54, 1.807) is 0 Å². The van der Waals surface area contributed by atoms with Crippen LogP contribution in [0.4, 0.5) is 26.3 Å². The zero-order valence-corrected chi connectivity index (χ0v) is 14.1. The standard InChI is InChI=1S/C15H13F6NO3S/c1-24-13(23)10-4-5-22(10)12(26)8-2-3-11(25-7-14(16,17)18)9(6-8)15(19,20)21/h2-3,6,10H,4-5,7H2,1H3/t10-/m1/s1. The van der Waals surface area contributed by atoms with Crippen molar-refractivity contribution in [3.63, 3.8) is 0 Å². The van der Waals surface area contributed by atoms with E-state index in [-0.39, 0.29) is 10.6 Å². The molecule has 0 N–H and O–H groups in total. The number of rotatable bonds is 4. The maximum absolute atomic E-state index is 13.2. The van der Waals surface area contributed by atoms with E-state index >= 15 is 0 Å². The summed E-state index contributed by atoms with van der Waals surface area (Å²) in [5, 5.41) is 0. The predicted molar refractivity (Wildman–Crippen MR) is 81.8 cm³/mol. The van der Waals surface area contributed by atoms with Gasteiger partial charge in [0.2, 0.25) is 0 Å². The first kappa shape index (κ1) is 20.3. The molecule has 2 rings (SSSR count). The smallest absolute Gasteiger partial charge is 0.422 e. The molecule has 1 aliphatic rings. The molecule has 1 fully saturated rings. The highest BCUT2D eigenvalue weighted by atomic mass is 32.1. The summed E-state index contributed by atoms with van der Waals surface area (Å²) >= 11 is 5.12. The van der Waals surface area contributed by atoms with Crippen molar-refractivity contribution in [1.82, 2.24) is 4.90 Å². The fourth-order valence-electron chi connectivity index (χ4n) is 2.35. The van der Waals surface area contributed by atoms with E-state index in [2.05, 4.69) is 9.47 Å². The van der Waals surface area contributed by atoms with E-state index in [9.17, 15) is 31.1 Å². The van der Waals surface area contributed by atoms with Gasteiger partial charge in [-0.05, 0) is 24.6 Å². The van der Waals surface area contributed by atoms with Gasteiger partial charge in [0.1, 0.15) is 16.8 Å². The number of nitrogens with zero attached hydrogens (tertiary/aromatic N) is 1. The molecule has 1 heterocycles. The molecule has 1 saturated heterocycles. The Kier molecular flexibility index (Phi) is 5.69. The van der Waals surface area contributed by atoms with Gasteiger partial charge in [-0.3, -0.25) is 0 Å². The fraction of sp³-hybridized carbons (Fsp3) is 0.467. The number of hydrogen-bond donors (Lipinski definition) is 0. The molecule has 1 aromatic rings. The summed E-state index contributed by atoms with van der Waals surface area (Å²) in [5.41, 5.74) is -1.43. The van der Waals surface area contributed by atoms with Crippen molar-refractivity contribution in [2.75, 3.05) is 20.3 Å². The lowest BCUT2D eigenvalue weighted by Crippen LogP contribution is -2.55. The zero-order valence-electron chi connectivity index (χ0n) is 13.3. The van der Waals surface area contributed by atoms with Crippen LogP contribution in [0.2, 0.25) is 0 Å². The van der Waals surface area contributed by atoms with Crippen molar-refractivity contribution < 1.29 is 40.6 Å². The van der Waals surface area contributed by atoms with Crippen molar-refractivity contribution in [3.05, 3.63) is 29.3 Å². The van der Waals surface area contributed by atoms with Crippen LogP contribution in [0, 0.1) is 0 Å². The Morgan fingerprint density at radius 3 is 2.38 bits per heavy atom. The average molecular weight is 401 g/mol. The Hall–Kier alpha value is -2.04. The number of carbonyl (C=O) groups is 1. The fourth-order valence-corrected chi connectivity index (χ4v) is 2.69. The summed E-state index contributed by atoms with van der Waals surface area (Å²) in [7, 11) is 1.18. The summed E-state index contributed by atoms with van der Waals surface area (Å²) in [6.45, 7) is -1.50. The number of methoxy groups -OCH3 is 1. The van der Waals surface area contributed by atoms with Gasteiger partial charge in [-0.1, -0.05) is 12.2 Å². The first-order valence-electron chi connectivity index (χ1n) is 7.23. The van der Waals surface area contributed by atoms with Crippen LogP contribution >= 0.6 is 12.2 Å². The maximum atomic E-state index is 13.2. The maximum Gasteiger partial charge on any atom is 0.422 e. The molecule has 1 aromatic carbocycles. The third-order valence-electron chi connectivity index (χ3n) is 3.68. The van der Waals surface area contributed by atoms with Crippen molar-refractivity contribution in [2.45, 2.75) is 24.8 Å². The van der Waals surface area contributed by atoms with E-state index in [1.807, 2.05) is 0 Å². The topological polar surface area (TPSA) is 38.8 Å². The number of halogens is 6. The van der Waals surface area contributed by atoms with Gasteiger partial charge >= 0.3 is 18.3 Å². The van der Waals surface area contributed by atoms with Crippen LogP contribution in [-0.4, -0.2) is 48.3 Å². The Bertz CT molecular complexity index is 704. The number of thiocarbonyl (C=S) groups is 1. The van der Waals surface area contributed by atoms with Crippen LogP contribution in [0.15, 0.2) is 18.2 Å². The van der Waals surface area contributed by atoms with Gasteiger partial charge in [-0.25, -0.2) is 4.79 Å². The van der Waals surface area contributed by atoms with Crippen molar-refractivity contribution in [2.24, 2.45) is 0 Å². The van der Waals surface area contributed by atoms with Gasteiger partial charge in [0.25, 0.3) is 0 Å². The molecule has 0 spiro atoms. The zero-order chi connectivity index (χ0) is 19.7. The number of alkyl halides is 6. The quantitative estimate of drug-likeness (QED) is 0.438. The van der Waals surface area contributed by atoms with Gasteiger partial charge in [-0.15, -0.1) is 0 Å². The predicted octanol–water partition coefficient (Wildman–Crippen LogP) is 3.57. The Labute approximate surface area is 149 Å². The van der Waals surface area contributed by atoms with E-state index in [1.165, 1.54) is 12.0 Å². The first-order valence-corrected chi connectivity index (χ1v) is 7.64. The largest absolute Gasteiger partial charge is 0.483 e. The third kappa shape index (κ3) is 4.57. The Morgan fingerprint density at radius 1 is 1.27 bits per heavy atom. The van der Waals surface area contributed by atoms with Gasteiger partial charge in [0, 0.05) is 12.1 Å². The highest BCUT2D eigenvalue weighted by molar-refractivity contribution is 7.80. The molecule has 0 radical (unpaired) electrons. The lowest BCUT2D eigenvalue weighted by Gasteiger charge is -2.40. The van der Waals surface area contributed by atoms with Crippen LogP contribution in [0.25, 0.3) is 0 Å². The second-order valence-corrected chi connectivity index (χ2v) is 5.83. The van der Waals surface area contributed by atoms with Crippen LogP contribution in [0.3, 0.4) is 0 Å². The van der Waals surface area contributed by atoms with Crippen molar-refractivity contribution in [3.8, 4) is 5.75 Å². The molecule has 0 aromatic heterocycles. The van der Waals surface area contributed by atoms with E-state index in [4.69, 9.17) is 12.2 Å². The average Bonchev–Trinajstić information content (AvgIpc) is 2.49. The van der Waals surface area contributed by atoms with Crippen molar-refractivity contribution in [1.29, 1.82) is 0 Å². The second kappa shape index (κ2) is 7.29. The monoisotopic (exact) mass is 401 g/mol. The molecule has 0 aliphatic carbocycles. The molecule has 26 heavy (non-hydrogen) atoms. The van der Waals surface area contributed by atoms with Crippen LogP contribution in [0.1, 0.15) is 17.5 Å². The van der Waals surface area contributed by atoms with Gasteiger partial charge in [0.05, 0.1) is 12.7 Å². The van der Waals surface area contributed by atoms with Crippen LogP contribution in [-0.2, 0) is 15.7 Å². The molecule has 4 nitrogen and oxygen atoms in total. The summed E-state index contributed by atoms with van der Waals surface area (Å²) in [5.74, 6) is -1.52. The summed E-state index contributed by atoms with van der Waals surface area (Å²) in [4.78, 5) is 12.9. The first-order chi connectivity index (χ1) is 11.9. The number of esters is 1. The Balaban J connectivity index is 2.28. The molecule has 0 unspecified atom stereocenters. The van der Waals surface area contributed by atoms with Crippen LogP contribution < -0.4 is 4.74 Å². The number of hydrogen-bond acceptors (Lipinski definition) is 4. The second-order valence-electron chi connectivity index (χ2n) is 5.44. The molecule has 0 amide bonds. The molecule has 1 aliphatic heterocycles. The van der Waals surface area contributed by atoms with Gasteiger partial charge in [-0.2, -0.15) is 26.3 Å². The van der Waals surface area contributed by atoms with Gasteiger partial charge < -0.3 is 14.4 Å². The lowest BCUT2D eigenvalue weighted by molar-refractivity contribution is -0.158. The molecule has 0 saturated carbocycles. The minimum atomic E-state index is -4.94.